The van der Waals surface area contributed by atoms with Crippen LogP contribution in [0, 0.1) is 3.57 Å². The van der Waals surface area contributed by atoms with E-state index >= 15 is 0 Å². The van der Waals surface area contributed by atoms with Gasteiger partial charge in [0.15, 0.2) is 0 Å². The summed E-state index contributed by atoms with van der Waals surface area (Å²) in [5.41, 5.74) is 3.17. The summed E-state index contributed by atoms with van der Waals surface area (Å²) in [4.78, 5) is 15.5. The van der Waals surface area contributed by atoms with Crippen molar-refractivity contribution in [3.05, 3.63) is 57.4 Å². The molecule has 2 aromatic rings. The van der Waals surface area contributed by atoms with Crippen LogP contribution in [0.25, 0.3) is 0 Å². The lowest BCUT2D eigenvalue weighted by Gasteiger charge is -2.00. The number of pyridine rings is 1. The first-order valence-electron chi connectivity index (χ1n) is 5.40. The maximum Gasteiger partial charge on any atom is 0.289 e. The minimum atomic E-state index is -0.401. The first kappa shape index (κ1) is 13.5. The quantitative estimate of drug-likeness (QED) is 0.496. The number of phenols is 1. The first-order valence-corrected chi connectivity index (χ1v) is 6.47. The highest BCUT2D eigenvalue weighted by atomic mass is 127. The largest absolute Gasteiger partial charge is 0.507 e. The Kier molecular flexibility index (Phi) is 4.45. The topological polar surface area (TPSA) is 74.6 Å². The Labute approximate surface area is 123 Å². The highest BCUT2D eigenvalue weighted by Crippen LogP contribution is 2.17. The molecule has 1 aromatic heterocycles. The van der Waals surface area contributed by atoms with Crippen LogP contribution in [0.3, 0.4) is 0 Å². The summed E-state index contributed by atoms with van der Waals surface area (Å²) in [7, 11) is 0. The summed E-state index contributed by atoms with van der Waals surface area (Å²) < 4.78 is 0.966. The molecular formula is C13H10IN3O2. The Balaban J connectivity index is 2.04. The molecule has 1 aromatic carbocycles. The van der Waals surface area contributed by atoms with Gasteiger partial charge in [-0.2, -0.15) is 5.10 Å². The summed E-state index contributed by atoms with van der Waals surface area (Å²) in [5.74, 6) is -0.293. The Morgan fingerprint density at radius 1 is 1.37 bits per heavy atom. The van der Waals surface area contributed by atoms with Crippen molar-refractivity contribution in [1.29, 1.82) is 0 Å². The number of amides is 1. The van der Waals surface area contributed by atoms with E-state index < -0.39 is 5.91 Å². The molecule has 0 radical (unpaired) electrons. The number of carbonyl (C=O) groups is 1. The van der Waals surface area contributed by atoms with Gasteiger partial charge in [0.2, 0.25) is 0 Å². The summed E-state index contributed by atoms with van der Waals surface area (Å²) >= 11 is 2.13. The Bertz CT molecular complexity index is 615. The number of nitrogens with one attached hydrogen (secondary N) is 1. The number of benzene rings is 1. The molecule has 0 aliphatic rings. The predicted molar refractivity (Wildman–Crippen MR) is 80.1 cm³/mol. The lowest BCUT2D eigenvalue weighted by molar-refractivity contribution is 0.0950. The number of phenolic OH excluding ortho intramolecular Hbond substituents is 1. The fourth-order valence-corrected chi connectivity index (χ4v) is 1.86. The maximum atomic E-state index is 11.6. The van der Waals surface area contributed by atoms with Crippen LogP contribution in [0.2, 0.25) is 0 Å². The van der Waals surface area contributed by atoms with Gasteiger partial charge in [-0.3, -0.25) is 9.78 Å². The van der Waals surface area contributed by atoms with E-state index in [0.717, 1.165) is 3.57 Å². The Morgan fingerprint density at radius 3 is 2.95 bits per heavy atom. The Morgan fingerprint density at radius 2 is 2.21 bits per heavy atom. The van der Waals surface area contributed by atoms with Gasteiger partial charge in [0.25, 0.3) is 5.91 Å². The van der Waals surface area contributed by atoms with Crippen LogP contribution in [-0.4, -0.2) is 22.2 Å². The highest BCUT2D eigenvalue weighted by Gasteiger charge is 2.04. The zero-order valence-corrected chi connectivity index (χ0v) is 11.9. The second-order valence-electron chi connectivity index (χ2n) is 3.62. The third-order valence-electron chi connectivity index (χ3n) is 2.26. The molecule has 19 heavy (non-hydrogen) atoms. The lowest BCUT2D eigenvalue weighted by Crippen LogP contribution is -2.18. The molecule has 96 valence electrons. The second-order valence-corrected chi connectivity index (χ2v) is 4.86. The molecule has 0 aliphatic heterocycles. The molecule has 2 rings (SSSR count). The standard InChI is InChI=1S/C13H10IN3O2/c14-10-4-5-12(18)9(7-10)8-16-17-13(19)11-3-1-2-6-15-11/h1-8,18H,(H,17,19)/b16-8-. The second kappa shape index (κ2) is 6.28. The van der Waals surface area contributed by atoms with Gasteiger partial charge in [-0.15, -0.1) is 0 Å². The van der Waals surface area contributed by atoms with E-state index in [9.17, 15) is 9.90 Å². The Hall–Kier alpha value is -1.96. The number of nitrogens with zero attached hydrogens (tertiary/aromatic N) is 2. The van der Waals surface area contributed by atoms with Crippen LogP contribution in [-0.2, 0) is 0 Å². The lowest BCUT2D eigenvalue weighted by atomic mass is 10.2. The van der Waals surface area contributed by atoms with E-state index in [1.165, 1.54) is 12.4 Å². The van der Waals surface area contributed by atoms with E-state index in [0.29, 0.717) is 5.56 Å². The van der Waals surface area contributed by atoms with Gasteiger partial charge in [-0.25, -0.2) is 5.43 Å². The summed E-state index contributed by atoms with van der Waals surface area (Å²) in [6, 6.07) is 10.1. The predicted octanol–water partition coefficient (Wildman–Crippen LogP) is 2.16. The van der Waals surface area contributed by atoms with E-state index in [2.05, 4.69) is 38.1 Å². The molecule has 0 aliphatic carbocycles. The van der Waals surface area contributed by atoms with Gasteiger partial charge in [-0.05, 0) is 52.9 Å². The van der Waals surface area contributed by atoms with Crippen LogP contribution in [0.5, 0.6) is 5.75 Å². The van der Waals surface area contributed by atoms with Crippen molar-refractivity contribution in [3.8, 4) is 5.75 Å². The van der Waals surface area contributed by atoms with Gasteiger partial charge in [0, 0.05) is 15.3 Å². The number of aromatic hydroxyl groups is 1. The monoisotopic (exact) mass is 367 g/mol. The van der Waals surface area contributed by atoms with Gasteiger partial charge >= 0.3 is 0 Å². The van der Waals surface area contributed by atoms with Crippen LogP contribution in [0.1, 0.15) is 16.1 Å². The molecule has 0 spiro atoms. The summed E-state index contributed by atoms with van der Waals surface area (Å²) in [5, 5.41) is 13.4. The maximum absolute atomic E-state index is 11.6. The van der Waals surface area contributed by atoms with Crippen LogP contribution in [0.4, 0.5) is 0 Å². The average molecular weight is 367 g/mol. The number of hydrazone groups is 1. The van der Waals surface area contributed by atoms with Gasteiger partial charge in [0.1, 0.15) is 11.4 Å². The highest BCUT2D eigenvalue weighted by molar-refractivity contribution is 14.1. The van der Waals surface area contributed by atoms with Crippen molar-refractivity contribution in [3.63, 3.8) is 0 Å². The fraction of sp³-hybridized carbons (Fsp3) is 0. The van der Waals surface area contributed by atoms with Crippen LogP contribution < -0.4 is 5.43 Å². The van der Waals surface area contributed by atoms with E-state index in [1.54, 1.807) is 36.4 Å². The minimum absolute atomic E-state index is 0.108. The molecule has 0 atom stereocenters. The molecule has 0 fully saturated rings. The van der Waals surface area contributed by atoms with Crippen molar-refractivity contribution in [1.82, 2.24) is 10.4 Å². The van der Waals surface area contributed by atoms with Gasteiger partial charge < -0.3 is 5.11 Å². The molecule has 0 saturated carbocycles. The number of aromatic nitrogens is 1. The van der Waals surface area contributed by atoms with Crippen molar-refractivity contribution in [2.75, 3.05) is 0 Å². The molecule has 6 heteroatoms. The number of hydrogen-bond acceptors (Lipinski definition) is 4. The SMILES string of the molecule is O=C(N/N=C\c1cc(I)ccc1O)c1ccccn1. The van der Waals surface area contributed by atoms with Crippen LogP contribution in [0.15, 0.2) is 47.7 Å². The molecule has 0 bridgehead atoms. The van der Waals surface area contributed by atoms with Gasteiger partial charge in [-0.1, -0.05) is 6.07 Å². The normalized spacial score (nSPS) is 10.6. The summed E-state index contributed by atoms with van der Waals surface area (Å²) in [6.45, 7) is 0. The number of rotatable bonds is 3. The molecule has 0 unspecified atom stereocenters. The number of halogens is 1. The van der Waals surface area contributed by atoms with Crippen molar-refractivity contribution in [2.24, 2.45) is 5.10 Å². The molecule has 0 saturated heterocycles. The zero-order chi connectivity index (χ0) is 13.7. The first-order chi connectivity index (χ1) is 9.16. The van der Waals surface area contributed by atoms with Crippen molar-refractivity contribution >= 4 is 34.7 Å². The minimum Gasteiger partial charge on any atom is -0.507 e. The molecule has 1 heterocycles. The molecule has 1 amide bonds. The van der Waals surface area contributed by atoms with Gasteiger partial charge in [0.05, 0.1) is 6.21 Å². The molecule has 2 N–H and O–H groups in total. The van der Waals surface area contributed by atoms with Crippen molar-refractivity contribution < 1.29 is 9.90 Å². The molecule has 5 nitrogen and oxygen atoms in total. The average Bonchev–Trinajstić information content (AvgIpc) is 2.43. The number of carbonyl (C=O) groups excluding carboxylic acids is 1. The summed E-state index contributed by atoms with van der Waals surface area (Å²) in [6.07, 6.45) is 2.92. The smallest absolute Gasteiger partial charge is 0.289 e. The van der Waals surface area contributed by atoms with Crippen molar-refractivity contribution in [2.45, 2.75) is 0 Å². The fourth-order valence-electron chi connectivity index (χ4n) is 1.34. The third kappa shape index (κ3) is 3.75. The molecular weight excluding hydrogens is 357 g/mol. The van der Waals surface area contributed by atoms with Crippen LogP contribution >= 0.6 is 22.6 Å². The van der Waals surface area contributed by atoms with E-state index in [4.69, 9.17) is 0 Å². The third-order valence-corrected chi connectivity index (χ3v) is 2.93. The van der Waals surface area contributed by atoms with E-state index in [-0.39, 0.29) is 11.4 Å². The zero-order valence-electron chi connectivity index (χ0n) is 9.75. The van der Waals surface area contributed by atoms with E-state index in [1.807, 2.05) is 0 Å². The number of hydrogen-bond donors (Lipinski definition) is 2.